The standard InChI is InChI=1S/C16H24N2O5/c1-7-22-13(19)10-11-8-9-12(21-6)14(17-11)18(5)15(20)23-16(2,3)4/h8-9H,7,10H2,1-6H3. The normalized spacial score (nSPS) is 10.9. The van der Waals surface area contributed by atoms with E-state index in [9.17, 15) is 9.59 Å². The maximum absolute atomic E-state index is 12.2. The lowest BCUT2D eigenvalue weighted by Gasteiger charge is -2.25. The van der Waals surface area contributed by atoms with Crippen molar-refractivity contribution in [3.05, 3.63) is 17.8 Å². The highest BCUT2D eigenvalue weighted by molar-refractivity contribution is 5.88. The molecule has 0 N–H and O–H groups in total. The van der Waals surface area contributed by atoms with Crippen molar-refractivity contribution >= 4 is 17.9 Å². The number of hydrogen-bond acceptors (Lipinski definition) is 6. The van der Waals surface area contributed by atoms with E-state index in [1.807, 2.05) is 0 Å². The number of anilines is 1. The molecule has 0 aliphatic carbocycles. The van der Waals surface area contributed by atoms with Gasteiger partial charge in [-0.25, -0.2) is 9.78 Å². The molecule has 0 bridgehead atoms. The highest BCUT2D eigenvalue weighted by Crippen LogP contribution is 2.26. The topological polar surface area (TPSA) is 78.0 Å². The molecule has 0 atom stereocenters. The molecule has 0 radical (unpaired) electrons. The number of ether oxygens (including phenoxy) is 3. The summed E-state index contributed by atoms with van der Waals surface area (Å²) in [6.07, 6.45) is -0.538. The summed E-state index contributed by atoms with van der Waals surface area (Å²) in [7, 11) is 3.02. The van der Waals surface area contributed by atoms with Crippen LogP contribution in [0.4, 0.5) is 10.6 Å². The second-order valence-corrected chi connectivity index (χ2v) is 5.85. The SMILES string of the molecule is CCOC(=O)Cc1ccc(OC)c(N(C)C(=O)OC(C)(C)C)n1. The Bertz CT molecular complexity index is 566. The molecule has 0 fully saturated rings. The molecule has 128 valence electrons. The van der Waals surface area contributed by atoms with Gasteiger partial charge in [0.05, 0.1) is 25.8 Å². The van der Waals surface area contributed by atoms with Crippen LogP contribution in [0, 0.1) is 0 Å². The van der Waals surface area contributed by atoms with Crippen LogP contribution in [0.25, 0.3) is 0 Å². The highest BCUT2D eigenvalue weighted by Gasteiger charge is 2.24. The first-order chi connectivity index (χ1) is 10.7. The monoisotopic (exact) mass is 324 g/mol. The summed E-state index contributed by atoms with van der Waals surface area (Å²) < 4.78 is 15.4. The van der Waals surface area contributed by atoms with Gasteiger partial charge in [-0.2, -0.15) is 0 Å². The number of nitrogens with zero attached hydrogens (tertiary/aromatic N) is 2. The van der Waals surface area contributed by atoms with E-state index in [1.54, 1.807) is 39.8 Å². The Hall–Kier alpha value is -2.31. The van der Waals surface area contributed by atoms with Gasteiger partial charge in [0.2, 0.25) is 0 Å². The van der Waals surface area contributed by atoms with Crippen LogP contribution >= 0.6 is 0 Å². The summed E-state index contributed by atoms with van der Waals surface area (Å²) in [6, 6.07) is 3.31. The van der Waals surface area contributed by atoms with Crippen LogP contribution < -0.4 is 9.64 Å². The lowest BCUT2D eigenvalue weighted by atomic mass is 10.2. The highest BCUT2D eigenvalue weighted by atomic mass is 16.6. The molecule has 0 saturated heterocycles. The number of methoxy groups -OCH3 is 1. The molecule has 23 heavy (non-hydrogen) atoms. The minimum absolute atomic E-state index is 0.0208. The van der Waals surface area contributed by atoms with Crippen LogP contribution in [0.2, 0.25) is 0 Å². The summed E-state index contributed by atoms with van der Waals surface area (Å²) in [5, 5.41) is 0. The van der Waals surface area contributed by atoms with Crippen LogP contribution in [0.3, 0.4) is 0 Å². The first-order valence-corrected chi connectivity index (χ1v) is 7.34. The van der Waals surface area contributed by atoms with Crippen molar-refractivity contribution in [3.8, 4) is 5.75 Å². The number of amides is 1. The lowest BCUT2D eigenvalue weighted by molar-refractivity contribution is -0.142. The van der Waals surface area contributed by atoms with Crippen molar-refractivity contribution in [1.29, 1.82) is 0 Å². The third kappa shape index (κ3) is 5.77. The summed E-state index contributed by atoms with van der Waals surface area (Å²) >= 11 is 0. The largest absolute Gasteiger partial charge is 0.493 e. The molecule has 7 heteroatoms. The van der Waals surface area contributed by atoms with Crippen LogP contribution in [-0.4, -0.2) is 43.4 Å². The Kier molecular flexibility index (Phi) is 6.36. The van der Waals surface area contributed by atoms with Crippen LogP contribution in [0.1, 0.15) is 33.4 Å². The van der Waals surface area contributed by atoms with Crippen molar-refractivity contribution in [1.82, 2.24) is 4.98 Å². The molecule has 1 aromatic heterocycles. The van der Waals surface area contributed by atoms with E-state index in [2.05, 4.69) is 4.98 Å². The third-order valence-corrected chi connectivity index (χ3v) is 2.73. The number of carbonyl (C=O) groups is 2. The fraction of sp³-hybridized carbons (Fsp3) is 0.562. The Morgan fingerprint density at radius 1 is 1.26 bits per heavy atom. The maximum Gasteiger partial charge on any atom is 0.415 e. The summed E-state index contributed by atoms with van der Waals surface area (Å²) in [6.45, 7) is 7.38. The Labute approximate surface area is 136 Å². The van der Waals surface area contributed by atoms with E-state index in [0.717, 1.165) is 0 Å². The van der Waals surface area contributed by atoms with Crippen molar-refractivity contribution in [2.24, 2.45) is 0 Å². The van der Waals surface area contributed by atoms with Gasteiger partial charge in [0, 0.05) is 7.05 Å². The van der Waals surface area contributed by atoms with Gasteiger partial charge >= 0.3 is 12.1 Å². The van der Waals surface area contributed by atoms with Gasteiger partial charge in [0.1, 0.15) is 5.60 Å². The van der Waals surface area contributed by atoms with Gasteiger partial charge in [-0.15, -0.1) is 0 Å². The quantitative estimate of drug-likeness (QED) is 0.775. The number of carbonyl (C=O) groups excluding carboxylic acids is 2. The van der Waals surface area contributed by atoms with Gasteiger partial charge in [0.15, 0.2) is 11.6 Å². The molecular weight excluding hydrogens is 300 g/mol. The molecule has 0 aliphatic heterocycles. The predicted octanol–water partition coefficient (Wildman–Crippen LogP) is 2.57. The van der Waals surface area contributed by atoms with Crippen molar-refractivity contribution < 1.29 is 23.8 Å². The zero-order chi connectivity index (χ0) is 17.6. The van der Waals surface area contributed by atoms with E-state index in [0.29, 0.717) is 18.1 Å². The molecule has 1 heterocycles. The number of aromatic nitrogens is 1. The number of pyridine rings is 1. The number of esters is 1. The molecule has 0 spiro atoms. The fourth-order valence-corrected chi connectivity index (χ4v) is 1.75. The first-order valence-electron chi connectivity index (χ1n) is 7.34. The number of rotatable bonds is 5. The smallest absolute Gasteiger partial charge is 0.415 e. The van der Waals surface area contributed by atoms with E-state index in [-0.39, 0.29) is 18.2 Å². The van der Waals surface area contributed by atoms with Gasteiger partial charge < -0.3 is 14.2 Å². The molecule has 0 aromatic carbocycles. The molecule has 0 saturated carbocycles. The first kappa shape index (κ1) is 18.7. The summed E-state index contributed by atoms with van der Waals surface area (Å²) in [5.41, 5.74) is -0.143. The molecule has 1 rings (SSSR count). The Morgan fingerprint density at radius 2 is 1.91 bits per heavy atom. The van der Waals surface area contributed by atoms with Crippen molar-refractivity contribution in [2.45, 2.75) is 39.7 Å². The predicted molar refractivity (Wildman–Crippen MR) is 85.8 cm³/mol. The lowest BCUT2D eigenvalue weighted by Crippen LogP contribution is -2.35. The van der Waals surface area contributed by atoms with Gasteiger partial charge in [-0.05, 0) is 39.8 Å². The molecule has 0 aliphatic rings. The summed E-state index contributed by atoms with van der Waals surface area (Å²) in [4.78, 5) is 29.3. The molecule has 1 amide bonds. The van der Waals surface area contributed by atoms with Gasteiger partial charge in [0.25, 0.3) is 0 Å². The average molecular weight is 324 g/mol. The fourth-order valence-electron chi connectivity index (χ4n) is 1.75. The van der Waals surface area contributed by atoms with Crippen LogP contribution in [0.5, 0.6) is 5.75 Å². The van der Waals surface area contributed by atoms with E-state index >= 15 is 0 Å². The Balaban J connectivity index is 3.02. The maximum atomic E-state index is 12.2. The minimum Gasteiger partial charge on any atom is -0.493 e. The average Bonchev–Trinajstić information content (AvgIpc) is 2.44. The van der Waals surface area contributed by atoms with Gasteiger partial charge in [-0.1, -0.05) is 0 Å². The summed E-state index contributed by atoms with van der Waals surface area (Å²) in [5.74, 6) is 0.311. The minimum atomic E-state index is -0.624. The van der Waals surface area contributed by atoms with E-state index in [4.69, 9.17) is 14.2 Å². The van der Waals surface area contributed by atoms with Gasteiger partial charge in [-0.3, -0.25) is 9.69 Å². The molecule has 7 nitrogen and oxygen atoms in total. The van der Waals surface area contributed by atoms with Crippen molar-refractivity contribution in [2.75, 3.05) is 25.7 Å². The zero-order valence-corrected chi connectivity index (χ0v) is 14.5. The van der Waals surface area contributed by atoms with Crippen LogP contribution in [0.15, 0.2) is 12.1 Å². The molecular formula is C16H24N2O5. The van der Waals surface area contributed by atoms with E-state index < -0.39 is 11.7 Å². The Morgan fingerprint density at radius 3 is 2.43 bits per heavy atom. The number of hydrogen-bond donors (Lipinski definition) is 0. The van der Waals surface area contributed by atoms with E-state index in [1.165, 1.54) is 19.1 Å². The van der Waals surface area contributed by atoms with Crippen molar-refractivity contribution in [3.63, 3.8) is 0 Å². The molecule has 1 aromatic rings. The zero-order valence-electron chi connectivity index (χ0n) is 14.5. The van der Waals surface area contributed by atoms with Crippen LogP contribution in [-0.2, 0) is 20.7 Å². The second-order valence-electron chi connectivity index (χ2n) is 5.85. The third-order valence-electron chi connectivity index (χ3n) is 2.73. The molecule has 0 unspecified atom stereocenters. The second kappa shape index (κ2) is 7.80.